The molecular weight excluding hydrogens is 279 g/mol. The third-order valence-corrected chi connectivity index (χ3v) is 4.17. The minimum Gasteiger partial charge on any atom is -0.496 e. The van der Waals surface area contributed by atoms with Crippen LogP contribution in [-0.2, 0) is 0 Å². The predicted octanol–water partition coefficient (Wildman–Crippen LogP) is 4.15. The Kier molecular flexibility index (Phi) is 3.94. The monoisotopic (exact) mass is 288 g/mol. The van der Waals surface area contributed by atoms with Crippen LogP contribution in [0.2, 0.25) is 10.0 Å². The Labute approximate surface area is 113 Å². The highest BCUT2D eigenvalue weighted by molar-refractivity contribution is 7.10. The molecule has 0 spiro atoms. The van der Waals surface area contributed by atoms with E-state index in [4.69, 9.17) is 27.9 Å². The number of benzene rings is 1. The zero-order valence-corrected chi connectivity index (χ0v) is 11.3. The highest BCUT2D eigenvalue weighted by Gasteiger charge is 2.17. The molecule has 1 N–H and O–H groups in total. The first-order valence-electron chi connectivity index (χ1n) is 4.88. The van der Waals surface area contributed by atoms with Gasteiger partial charge in [-0.1, -0.05) is 35.3 Å². The molecule has 0 aliphatic heterocycles. The summed E-state index contributed by atoms with van der Waals surface area (Å²) >= 11 is 13.4. The van der Waals surface area contributed by atoms with Gasteiger partial charge in [0.15, 0.2) is 0 Å². The smallest absolute Gasteiger partial charge is 0.129 e. The lowest BCUT2D eigenvalue weighted by Crippen LogP contribution is -1.98. The lowest BCUT2D eigenvalue weighted by atomic mass is 10.1. The Morgan fingerprint density at radius 2 is 2.12 bits per heavy atom. The Balaban J connectivity index is 2.36. The Bertz CT molecular complexity index is 525. The summed E-state index contributed by atoms with van der Waals surface area (Å²) in [6, 6.07) is 6.99. The number of thiophene rings is 1. The summed E-state index contributed by atoms with van der Waals surface area (Å²) in [6.45, 7) is 0. The Morgan fingerprint density at radius 1 is 1.35 bits per heavy atom. The topological polar surface area (TPSA) is 29.5 Å². The minimum atomic E-state index is -0.782. The minimum absolute atomic E-state index is 0.383. The summed E-state index contributed by atoms with van der Waals surface area (Å²) in [4.78, 5) is 0.769. The molecule has 0 aliphatic carbocycles. The van der Waals surface area contributed by atoms with Crippen molar-refractivity contribution in [2.45, 2.75) is 6.10 Å². The van der Waals surface area contributed by atoms with Crippen LogP contribution in [0, 0.1) is 0 Å². The molecule has 0 saturated carbocycles. The largest absolute Gasteiger partial charge is 0.496 e. The number of methoxy groups -OCH3 is 1. The van der Waals surface area contributed by atoms with Crippen molar-refractivity contribution in [2.24, 2.45) is 0 Å². The molecule has 2 nitrogen and oxygen atoms in total. The SMILES string of the molecule is COc1csc(C(O)c2cccc(Cl)c2Cl)c1. The van der Waals surface area contributed by atoms with Crippen LogP contribution < -0.4 is 4.74 Å². The van der Waals surface area contributed by atoms with Crippen LogP contribution in [0.25, 0.3) is 0 Å². The van der Waals surface area contributed by atoms with Crippen LogP contribution in [0.1, 0.15) is 16.5 Å². The van der Waals surface area contributed by atoms with Gasteiger partial charge in [0.2, 0.25) is 0 Å². The number of aliphatic hydroxyl groups is 1. The van der Waals surface area contributed by atoms with Gasteiger partial charge in [0.05, 0.1) is 17.2 Å². The van der Waals surface area contributed by atoms with E-state index in [0.717, 1.165) is 10.6 Å². The van der Waals surface area contributed by atoms with Crippen LogP contribution in [0.3, 0.4) is 0 Å². The number of rotatable bonds is 3. The van der Waals surface area contributed by atoms with Crippen molar-refractivity contribution in [2.75, 3.05) is 7.11 Å². The highest BCUT2D eigenvalue weighted by Crippen LogP contribution is 2.36. The predicted molar refractivity (Wildman–Crippen MR) is 71.4 cm³/mol. The molecule has 1 atom stereocenters. The molecule has 17 heavy (non-hydrogen) atoms. The molecule has 0 aliphatic rings. The molecule has 0 amide bonds. The summed E-state index contributed by atoms with van der Waals surface area (Å²) in [5, 5.41) is 12.9. The standard InChI is InChI=1S/C12H10Cl2O2S/c1-16-7-5-10(17-6-7)12(15)8-3-2-4-9(13)11(8)14/h2-6,12,15H,1H3. The van der Waals surface area contributed by atoms with Gasteiger partial charge >= 0.3 is 0 Å². The second-order valence-corrected chi connectivity index (χ2v) is 5.16. The number of aliphatic hydroxyl groups excluding tert-OH is 1. The fraction of sp³-hybridized carbons (Fsp3) is 0.167. The first-order valence-corrected chi connectivity index (χ1v) is 6.51. The fourth-order valence-corrected chi connectivity index (χ4v) is 2.74. The van der Waals surface area contributed by atoms with E-state index in [9.17, 15) is 5.11 Å². The van der Waals surface area contributed by atoms with E-state index in [-0.39, 0.29) is 0 Å². The average Bonchev–Trinajstić information content (AvgIpc) is 2.80. The van der Waals surface area contributed by atoms with Gasteiger partial charge in [-0.05, 0) is 12.1 Å². The summed E-state index contributed by atoms with van der Waals surface area (Å²) in [5.41, 5.74) is 0.601. The maximum absolute atomic E-state index is 10.2. The van der Waals surface area contributed by atoms with Gasteiger partial charge in [-0.2, -0.15) is 0 Å². The van der Waals surface area contributed by atoms with E-state index in [1.54, 1.807) is 31.4 Å². The van der Waals surface area contributed by atoms with Crippen LogP contribution in [-0.4, -0.2) is 12.2 Å². The van der Waals surface area contributed by atoms with Crippen LogP contribution in [0.4, 0.5) is 0 Å². The van der Waals surface area contributed by atoms with Crippen molar-refractivity contribution in [1.29, 1.82) is 0 Å². The van der Waals surface area contributed by atoms with Gasteiger partial charge in [-0.3, -0.25) is 0 Å². The fourth-order valence-electron chi connectivity index (χ4n) is 1.47. The summed E-state index contributed by atoms with van der Waals surface area (Å²) in [5.74, 6) is 0.724. The van der Waals surface area contributed by atoms with Gasteiger partial charge in [0, 0.05) is 15.8 Å². The Morgan fingerprint density at radius 3 is 2.76 bits per heavy atom. The second kappa shape index (κ2) is 5.27. The van der Waals surface area contributed by atoms with E-state index in [2.05, 4.69) is 0 Å². The van der Waals surface area contributed by atoms with Crippen molar-refractivity contribution >= 4 is 34.5 Å². The van der Waals surface area contributed by atoms with Gasteiger partial charge < -0.3 is 9.84 Å². The van der Waals surface area contributed by atoms with E-state index in [1.165, 1.54) is 11.3 Å². The molecule has 1 aromatic heterocycles. The zero-order valence-electron chi connectivity index (χ0n) is 8.98. The molecule has 2 rings (SSSR count). The van der Waals surface area contributed by atoms with Crippen molar-refractivity contribution in [1.82, 2.24) is 0 Å². The third kappa shape index (κ3) is 2.58. The lowest BCUT2D eigenvalue weighted by molar-refractivity contribution is 0.224. The van der Waals surface area contributed by atoms with Crippen molar-refractivity contribution in [3.63, 3.8) is 0 Å². The molecule has 0 radical (unpaired) electrons. The van der Waals surface area contributed by atoms with Gasteiger partial charge in [-0.15, -0.1) is 11.3 Å². The van der Waals surface area contributed by atoms with E-state index < -0.39 is 6.10 Å². The van der Waals surface area contributed by atoms with Gasteiger partial charge in [-0.25, -0.2) is 0 Å². The second-order valence-electron chi connectivity index (χ2n) is 3.43. The normalized spacial score (nSPS) is 12.5. The van der Waals surface area contributed by atoms with E-state index >= 15 is 0 Å². The maximum Gasteiger partial charge on any atom is 0.129 e. The third-order valence-electron chi connectivity index (χ3n) is 2.38. The molecule has 2 aromatic rings. The molecule has 1 unspecified atom stereocenters. The Hall–Kier alpha value is -0.740. The maximum atomic E-state index is 10.2. The van der Waals surface area contributed by atoms with E-state index in [1.807, 2.05) is 5.38 Å². The molecule has 0 saturated heterocycles. The number of halogens is 2. The molecule has 1 aromatic carbocycles. The zero-order chi connectivity index (χ0) is 12.4. The number of hydrogen-bond donors (Lipinski definition) is 1. The van der Waals surface area contributed by atoms with Gasteiger partial charge in [0.1, 0.15) is 11.9 Å². The molecule has 0 fully saturated rings. The van der Waals surface area contributed by atoms with Crippen molar-refractivity contribution < 1.29 is 9.84 Å². The summed E-state index contributed by atoms with van der Waals surface area (Å²) < 4.78 is 5.08. The molecular formula is C12H10Cl2O2S. The molecule has 5 heteroatoms. The van der Waals surface area contributed by atoms with Crippen LogP contribution in [0.15, 0.2) is 29.6 Å². The quantitative estimate of drug-likeness (QED) is 0.920. The summed E-state index contributed by atoms with van der Waals surface area (Å²) in [6.07, 6.45) is -0.782. The lowest BCUT2D eigenvalue weighted by Gasteiger charge is -2.11. The molecule has 90 valence electrons. The molecule has 0 bridgehead atoms. The average molecular weight is 289 g/mol. The number of hydrogen-bond acceptors (Lipinski definition) is 3. The van der Waals surface area contributed by atoms with Crippen molar-refractivity contribution in [3.05, 3.63) is 50.1 Å². The van der Waals surface area contributed by atoms with E-state index in [0.29, 0.717) is 15.6 Å². The highest BCUT2D eigenvalue weighted by atomic mass is 35.5. The van der Waals surface area contributed by atoms with Crippen molar-refractivity contribution in [3.8, 4) is 5.75 Å². The van der Waals surface area contributed by atoms with Crippen LogP contribution in [0.5, 0.6) is 5.75 Å². The first-order chi connectivity index (χ1) is 8.13. The summed E-state index contributed by atoms with van der Waals surface area (Å²) in [7, 11) is 1.59. The van der Waals surface area contributed by atoms with Gasteiger partial charge in [0.25, 0.3) is 0 Å². The molecule has 1 heterocycles. The first kappa shape index (κ1) is 12.7. The van der Waals surface area contributed by atoms with Crippen LogP contribution >= 0.6 is 34.5 Å². The number of ether oxygens (including phenoxy) is 1.